The van der Waals surface area contributed by atoms with Crippen LogP contribution in [0.25, 0.3) is 0 Å². The lowest BCUT2D eigenvalue weighted by Crippen LogP contribution is -2.45. The van der Waals surface area contributed by atoms with Gasteiger partial charge in [-0.25, -0.2) is 9.78 Å². The van der Waals surface area contributed by atoms with Crippen molar-refractivity contribution in [2.75, 3.05) is 17.2 Å². The summed E-state index contributed by atoms with van der Waals surface area (Å²) in [6.07, 6.45) is 2.38. The van der Waals surface area contributed by atoms with Crippen LogP contribution in [0.15, 0.2) is 18.3 Å². The van der Waals surface area contributed by atoms with Crippen LogP contribution in [-0.2, 0) is 4.74 Å². The molecule has 0 aliphatic heterocycles. The molecule has 1 amide bonds. The SMILES string of the molecule is CCCNc1cccnc1NC(C)[C@H](C)NC(=O)OC(C)(C)C. The Morgan fingerprint density at radius 3 is 2.61 bits per heavy atom. The number of hydrogen-bond donors (Lipinski definition) is 3. The number of aromatic nitrogens is 1. The van der Waals surface area contributed by atoms with Crippen LogP contribution in [0.5, 0.6) is 0 Å². The van der Waals surface area contributed by atoms with Gasteiger partial charge in [0, 0.05) is 24.8 Å². The lowest BCUT2D eigenvalue weighted by Gasteiger charge is -2.26. The first-order chi connectivity index (χ1) is 10.7. The van der Waals surface area contributed by atoms with Crippen molar-refractivity contribution in [1.82, 2.24) is 10.3 Å². The van der Waals surface area contributed by atoms with E-state index in [1.807, 2.05) is 46.8 Å². The molecule has 23 heavy (non-hydrogen) atoms. The highest BCUT2D eigenvalue weighted by molar-refractivity contribution is 5.68. The number of nitrogens with one attached hydrogen (secondary N) is 3. The first kappa shape index (κ1) is 19.1. The second-order valence-electron chi connectivity index (χ2n) is 6.69. The van der Waals surface area contributed by atoms with Crippen molar-refractivity contribution in [3.63, 3.8) is 0 Å². The summed E-state index contributed by atoms with van der Waals surface area (Å²) in [6.45, 7) is 12.5. The van der Waals surface area contributed by atoms with Gasteiger partial charge >= 0.3 is 6.09 Å². The summed E-state index contributed by atoms with van der Waals surface area (Å²) < 4.78 is 5.28. The van der Waals surface area contributed by atoms with Crippen LogP contribution in [0, 0.1) is 0 Å². The molecule has 0 bridgehead atoms. The number of anilines is 2. The van der Waals surface area contributed by atoms with E-state index in [4.69, 9.17) is 4.74 Å². The zero-order valence-corrected chi connectivity index (χ0v) is 15.1. The van der Waals surface area contributed by atoms with Crippen LogP contribution in [0.3, 0.4) is 0 Å². The van der Waals surface area contributed by atoms with Crippen molar-refractivity contribution < 1.29 is 9.53 Å². The number of carbonyl (C=O) groups is 1. The molecule has 1 rings (SSSR count). The topological polar surface area (TPSA) is 75.3 Å². The average Bonchev–Trinajstić information content (AvgIpc) is 2.44. The van der Waals surface area contributed by atoms with Crippen molar-refractivity contribution in [3.05, 3.63) is 18.3 Å². The standard InChI is InChI=1S/C17H30N4O2/c1-7-10-18-14-9-8-11-19-15(14)20-12(2)13(3)21-16(22)23-17(4,5)6/h8-9,11-13,18H,7,10H2,1-6H3,(H,19,20)(H,21,22)/t12?,13-/m0/s1. The van der Waals surface area contributed by atoms with Gasteiger partial charge in [0.05, 0.1) is 5.69 Å². The minimum Gasteiger partial charge on any atom is -0.444 e. The monoisotopic (exact) mass is 322 g/mol. The molecule has 0 radical (unpaired) electrons. The van der Waals surface area contributed by atoms with E-state index in [1.54, 1.807) is 6.20 Å². The highest BCUT2D eigenvalue weighted by Gasteiger charge is 2.21. The summed E-state index contributed by atoms with van der Waals surface area (Å²) in [6, 6.07) is 3.78. The van der Waals surface area contributed by atoms with E-state index in [0.29, 0.717) is 0 Å². The van der Waals surface area contributed by atoms with E-state index in [2.05, 4.69) is 27.9 Å². The Labute approximate surface area is 139 Å². The van der Waals surface area contributed by atoms with Gasteiger partial charge in [-0.15, -0.1) is 0 Å². The molecule has 1 heterocycles. The Kier molecular flexibility index (Phi) is 7.13. The lowest BCUT2D eigenvalue weighted by atomic mass is 10.1. The second-order valence-corrected chi connectivity index (χ2v) is 6.69. The average molecular weight is 322 g/mol. The quantitative estimate of drug-likeness (QED) is 0.715. The smallest absolute Gasteiger partial charge is 0.407 e. The van der Waals surface area contributed by atoms with E-state index in [1.165, 1.54) is 0 Å². The van der Waals surface area contributed by atoms with Crippen LogP contribution in [0.1, 0.15) is 48.0 Å². The van der Waals surface area contributed by atoms with Gasteiger partial charge in [-0.05, 0) is 53.2 Å². The number of ether oxygens (including phenoxy) is 1. The fourth-order valence-electron chi connectivity index (χ4n) is 1.88. The van der Waals surface area contributed by atoms with Crippen LogP contribution in [0.2, 0.25) is 0 Å². The molecule has 1 unspecified atom stereocenters. The van der Waals surface area contributed by atoms with E-state index in [0.717, 1.165) is 24.5 Å². The molecule has 0 saturated heterocycles. The van der Waals surface area contributed by atoms with Crippen molar-refractivity contribution in [2.24, 2.45) is 0 Å². The molecular weight excluding hydrogens is 292 g/mol. The van der Waals surface area contributed by atoms with Gasteiger partial charge in [0.1, 0.15) is 11.4 Å². The number of nitrogens with zero attached hydrogens (tertiary/aromatic N) is 1. The van der Waals surface area contributed by atoms with Gasteiger partial charge in [-0.2, -0.15) is 0 Å². The molecule has 0 spiro atoms. The third kappa shape index (κ3) is 7.21. The van der Waals surface area contributed by atoms with E-state index < -0.39 is 11.7 Å². The van der Waals surface area contributed by atoms with E-state index in [-0.39, 0.29) is 12.1 Å². The highest BCUT2D eigenvalue weighted by Crippen LogP contribution is 2.19. The van der Waals surface area contributed by atoms with E-state index in [9.17, 15) is 4.79 Å². The van der Waals surface area contributed by atoms with Crippen LogP contribution in [-0.4, -0.2) is 35.3 Å². The summed E-state index contributed by atoms with van der Waals surface area (Å²) in [5, 5.41) is 9.53. The van der Waals surface area contributed by atoms with Gasteiger partial charge in [-0.3, -0.25) is 0 Å². The zero-order chi connectivity index (χ0) is 17.5. The number of amides is 1. The molecule has 0 aliphatic carbocycles. The summed E-state index contributed by atoms with van der Waals surface area (Å²) in [4.78, 5) is 16.2. The second kappa shape index (κ2) is 8.60. The molecule has 0 aromatic carbocycles. The fourth-order valence-corrected chi connectivity index (χ4v) is 1.88. The van der Waals surface area contributed by atoms with Crippen LogP contribution < -0.4 is 16.0 Å². The maximum absolute atomic E-state index is 11.8. The normalized spacial score (nSPS) is 13.8. The Hall–Kier alpha value is -1.98. The summed E-state index contributed by atoms with van der Waals surface area (Å²) in [7, 11) is 0. The molecule has 0 fully saturated rings. The molecule has 6 heteroatoms. The first-order valence-electron chi connectivity index (χ1n) is 8.18. The van der Waals surface area contributed by atoms with Gasteiger partial charge < -0.3 is 20.7 Å². The zero-order valence-electron chi connectivity index (χ0n) is 15.1. The number of carbonyl (C=O) groups excluding carboxylic acids is 1. The molecule has 0 saturated carbocycles. The largest absolute Gasteiger partial charge is 0.444 e. The first-order valence-corrected chi connectivity index (χ1v) is 8.18. The summed E-state index contributed by atoms with van der Waals surface area (Å²) in [5.41, 5.74) is 0.462. The Morgan fingerprint density at radius 1 is 1.30 bits per heavy atom. The van der Waals surface area contributed by atoms with Gasteiger partial charge in [0.2, 0.25) is 0 Å². The molecular formula is C17H30N4O2. The third-order valence-corrected chi connectivity index (χ3v) is 3.23. The van der Waals surface area contributed by atoms with Crippen molar-refractivity contribution in [1.29, 1.82) is 0 Å². The summed E-state index contributed by atoms with van der Waals surface area (Å²) in [5.74, 6) is 0.784. The molecule has 6 nitrogen and oxygen atoms in total. The molecule has 0 aliphatic rings. The fraction of sp³-hybridized carbons (Fsp3) is 0.647. The molecule has 3 N–H and O–H groups in total. The van der Waals surface area contributed by atoms with Crippen LogP contribution in [0.4, 0.5) is 16.3 Å². The molecule has 1 aromatic rings. The minimum atomic E-state index is -0.501. The van der Waals surface area contributed by atoms with Crippen molar-refractivity contribution in [3.8, 4) is 0 Å². The Balaban J connectivity index is 2.61. The number of alkyl carbamates (subject to hydrolysis) is 1. The summed E-state index contributed by atoms with van der Waals surface area (Å²) >= 11 is 0. The van der Waals surface area contributed by atoms with Gasteiger partial charge in [0.15, 0.2) is 0 Å². The number of rotatable bonds is 7. The lowest BCUT2D eigenvalue weighted by molar-refractivity contribution is 0.0504. The van der Waals surface area contributed by atoms with Crippen molar-refractivity contribution in [2.45, 2.75) is 65.6 Å². The minimum absolute atomic E-state index is 0.000375. The molecule has 130 valence electrons. The van der Waals surface area contributed by atoms with Gasteiger partial charge in [-0.1, -0.05) is 6.92 Å². The third-order valence-electron chi connectivity index (χ3n) is 3.23. The Morgan fingerprint density at radius 2 is 2.00 bits per heavy atom. The van der Waals surface area contributed by atoms with Gasteiger partial charge in [0.25, 0.3) is 0 Å². The number of pyridine rings is 1. The Bertz CT molecular complexity index is 500. The van der Waals surface area contributed by atoms with E-state index >= 15 is 0 Å². The maximum atomic E-state index is 11.8. The maximum Gasteiger partial charge on any atom is 0.407 e. The highest BCUT2D eigenvalue weighted by atomic mass is 16.6. The number of hydrogen-bond acceptors (Lipinski definition) is 5. The molecule has 1 aromatic heterocycles. The predicted molar refractivity (Wildman–Crippen MR) is 94.9 cm³/mol. The predicted octanol–water partition coefficient (Wildman–Crippen LogP) is 3.62. The van der Waals surface area contributed by atoms with Crippen LogP contribution >= 0.6 is 0 Å². The van der Waals surface area contributed by atoms with Crippen molar-refractivity contribution >= 4 is 17.6 Å². The molecule has 2 atom stereocenters.